The Kier molecular flexibility index (Phi) is 8.07. The summed E-state index contributed by atoms with van der Waals surface area (Å²) in [5.41, 5.74) is 0. The summed E-state index contributed by atoms with van der Waals surface area (Å²) < 4.78 is 0. The van der Waals surface area contributed by atoms with Gasteiger partial charge in [-0.05, 0) is 26.2 Å². The van der Waals surface area contributed by atoms with Crippen molar-refractivity contribution in [3.8, 4) is 0 Å². The second kappa shape index (κ2) is 9.32. The molecule has 0 aromatic heterocycles. The number of aliphatic hydroxyl groups is 1. The lowest BCUT2D eigenvalue weighted by Gasteiger charge is -2.34. The lowest BCUT2D eigenvalue weighted by Crippen LogP contribution is -2.46. The molecule has 1 atom stereocenters. The van der Waals surface area contributed by atoms with Gasteiger partial charge in [-0.25, -0.2) is 0 Å². The molecule has 0 heterocycles. The van der Waals surface area contributed by atoms with Crippen molar-refractivity contribution in [1.29, 1.82) is 0 Å². The highest BCUT2D eigenvalue weighted by atomic mass is 16.3. The summed E-state index contributed by atoms with van der Waals surface area (Å²) in [5.74, 6) is 0.0969. The summed E-state index contributed by atoms with van der Waals surface area (Å²) in [4.78, 5) is 14.1. The van der Waals surface area contributed by atoms with E-state index >= 15 is 0 Å². The third-order valence-corrected chi connectivity index (χ3v) is 3.79. The molecule has 0 aromatic carbocycles. The molecule has 4 nitrogen and oxygen atoms in total. The quantitative estimate of drug-likeness (QED) is 0.663. The van der Waals surface area contributed by atoms with Gasteiger partial charge in [0.1, 0.15) is 0 Å². The number of nitrogens with zero attached hydrogens (tertiary/aromatic N) is 1. The molecule has 19 heavy (non-hydrogen) atoms. The topological polar surface area (TPSA) is 52.6 Å². The van der Waals surface area contributed by atoms with Crippen molar-refractivity contribution >= 4 is 5.91 Å². The smallest absolute Gasteiger partial charge is 0.234 e. The minimum atomic E-state index is -0.370. The number of carbonyl (C=O) groups excluding carboxylic acids is 1. The first-order chi connectivity index (χ1) is 9.13. The van der Waals surface area contributed by atoms with Crippen LogP contribution in [0, 0.1) is 0 Å². The van der Waals surface area contributed by atoms with E-state index in [1.807, 2.05) is 0 Å². The van der Waals surface area contributed by atoms with E-state index in [-0.39, 0.29) is 12.0 Å². The van der Waals surface area contributed by atoms with Crippen molar-refractivity contribution in [3.05, 3.63) is 0 Å². The molecular weight excluding hydrogens is 240 g/mol. The summed E-state index contributed by atoms with van der Waals surface area (Å²) in [6.45, 7) is 5.71. The summed E-state index contributed by atoms with van der Waals surface area (Å²) in [7, 11) is 0. The van der Waals surface area contributed by atoms with Gasteiger partial charge in [-0.2, -0.15) is 0 Å². The molecule has 4 heteroatoms. The van der Waals surface area contributed by atoms with Gasteiger partial charge in [-0.3, -0.25) is 9.69 Å². The molecule has 1 amide bonds. The van der Waals surface area contributed by atoms with Crippen molar-refractivity contribution < 1.29 is 9.90 Å². The number of hydrogen-bond acceptors (Lipinski definition) is 3. The van der Waals surface area contributed by atoms with Gasteiger partial charge in [0.25, 0.3) is 0 Å². The Morgan fingerprint density at radius 3 is 2.63 bits per heavy atom. The molecule has 0 spiro atoms. The molecule has 1 unspecified atom stereocenters. The fourth-order valence-corrected chi connectivity index (χ4v) is 2.77. The van der Waals surface area contributed by atoms with Crippen LogP contribution in [0.4, 0.5) is 0 Å². The van der Waals surface area contributed by atoms with Crippen molar-refractivity contribution in [2.24, 2.45) is 0 Å². The number of hydrogen-bond donors (Lipinski definition) is 2. The molecule has 1 fully saturated rings. The Morgan fingerprint density at radius 1 is 1.37 bits per heavy atom. The third-order valence-electron chi connectivity index (χ3n) is 3.79. The second-order valence-electron chi connectivity index (χ2n) is 5.77. The van der Waals surface area contributed by atoms with Gasteiger partial charge in [-0.1, -0.05) is 32.6 Å². The Morgan fingerprint density at radius 2 is 2.05 bits per heavy atom. The molecule has 0 saturated heterocycles. The standard InChI is InChI=1S/C15H30N2O2/c1-3-4-10-16-15(19)12-17(11-13(2)18)14-8-6-5-7-9-14/h13-14,18H,3-12H2,1-2H3,(H,16,19). The molecule has 0 aromatic rings. The van der Waals surface area contributed by atoms with E-state index < -0.39 is 0 Å². The zero-order chi connectivity index (χ0) is 14.1. The van der Waals surface area contributed by atoms with E-state index in [1.54, 1.807) is 6.92 Å². The van der Waals surface area contributed by atoms with Gasteiger partial charge in [0.15, 0.2) is 0 Å². The van der Waals surface area contributed by atoms with Crippen LogP contribution in [0.1, 0.15) is 58.8 Å². The van der Waals surface area contributed by atoms with Crippen molar-refractivity contribution in [1.82, 2.24) is 10.2 Å². The minimum absolute atomic E-state index is 0.0969. The molecule has 1 rings (SSSR count). The van der Waals surface area contributed by atoms with Crippen molar-refractivity contribution in [3.63, 3.8) is 0 Å². The zero-order valence-corrected chi connectivity index (χ0v) is 12.5. The maximum absolute atomic E-state index is 11.9. The van der Waals surface area contributed by atoms with Crippen molar-refractivity contribution in [2.75, 3.05) is 19.6 Å². The van der Waals surface area contributed by atoms with Crippen LogP contribution in [0.3, 0.4) is 0 Å². The molecule has 0 radical (unpaired) electrons. The summed E-state index contributed by atoms with van der Waals surface area (Å²) in [6, 6.07) is 0.472. The first-order valence-corrected chi connectivity index (χ1v) is 7.82. The van der Waals surface area contributed by atoms with Crippen LogP contribution >= 0.6 is 0 Å². The van der Waals surface area contributed by atoms with Crippen LogP contribution in [0.15, 0.2) is 0 Å². The number of nitrogens with one attached hydrogen (secondary N) is 1. The number of amides is 1. The maximum Gasteiger partial charge on any atom is 0.234 e. The number of unbranched alkanes of at least 4 members (excludes halogenated alkanes) is 1. The normalized spacial score (nSPS) is 18.5. The lowest BCUT2D eigenvalue weighted by molar-refractivity contribution is -0.123. The Balaban J connectivity index is 2.41. The summed E-state index contributed by atoms with van der Waals surface area (Å²) >= 11 is 0. The predicted octanol–water partition coefficient (Wildman–Crippen LogP) is 1.92. The highest BCUT2D eigenvalue weighted by Gasteiger charge is 2.23. The van der Waals surface area contributed by atoms with E-state index in [0.717, 1.165) is 32.2 Å². The molecule has 112 valence electrons. The van der Waals surface area contributed by atoms with E-state index in [4.69, 9.17) is 0 Å². The minimum Gasteiger partial charge on any atom is -0.392 e. The van der Waals surface area contributed by atoms with Crippen molar-refractivity contribution in [2.45, 2.75) is 70.9 Å². The van der Waals surface area contributed by atoms with E-state index in [1.165, 1.54) is 19.3 Å². The maximum atomic E-state index is 11.9. The summed E-state index contributed by atoms with van der Waals surface area (Å²) in [6.07, 6.45) is 7.89. The number of aliphatic hydroxyl groups excluding tert-OH is 1. The molecule has 2 N–H and O–H groups in total. The Bertz CT molecular complexity index is 251. The number of carbonyl (C=O) groups is 1. The molecule has 1 aliphatic rings. The largest absolute Gasteiger partial charge is 0.392 e. The number of rotatable bonds is 8. The van der Waals surface area contributed by atoms with Gasteiger partial charge in [-0.15, -0.1) is 0 Å². The fraction of sp³-hybridized carbons (Fsp3) is 0.933. The monoisotopic (exact) mass is 270 g/mol. The SMILES string of the molecule is CCCCNC(=O)CN(CC(C)O)C1CCCCC1. The lowest BCUT2D eigenvalue weighted by atomic mass is 9.94. The van der Waals surface area contributed by atoms with Gasteiger partial charge in [0.2, 0.25) is 5.91 Å². The second-order valence-corrected chi connectivity index (χ2v) is 5.77. The third kappa shape index (κ3) is 6.92. The Hall–Kier alpha value is -0.610. The van der Waals surface area contributed by atoms with E-state index in [9.17, 15) is 9.90 Å². The Labute approximate surface area is 117 Å². The zero-order valence-electron chi connectivity index (χ0n) is 12.5. The van der Waals surface area contributed by atoms with Gasteiger partial charge < -0.3 is 10.4 Å². The highest BCUT2D eigenvalue weighted by molar-refractivity contribution is 5.78. The molecule has 1 aliphatic carbocycles. The summed E-state index contributed by atoms with van der Waals surface area (Å²) in [5, 5.41) is 12.6. The van der Waals surface area contributed by atoms with E-state index in [2.05, 4.69) is 17.1 Å². The fourth-order valence-electron chi connectivity index (χ4n) is 2.77. The van der Waals surface area contributed by atoms with Crippen LogP contribution < -0.4 is 5.32 Å². The first-order valence-electron chi connectivity index (χ1n) is 7.82. The highest BCUT2D eigenvalue weighted by Crippen LogP contribution is 2.22. The predicted molar refractivity (Wildman–Crippen MR) is 78.0 cm³/mol. The molecule has 0 aliphatic heterocycles. The van der Waals surface area contributed by atoms with Gasteiger partial charge in [0, 0.05) is 19.1 Å². The van der Waals surface area contributed by atoms with Crippen LogP contribution in [-0.4, -0.2) is 47.7 Å². The average Bonchev–Trinajstić information content (AvgIpc) is 2.39. The molecule has 0 bridgehead atoms. The van der Waals surface area contributed by atoms with Gasteiger partial charge >= 0.3 is 0 Å². The molecule has 1 saturated carbocycles. The average molecular weight is 270 g/mol. The van der Waals surface area contributed by atoms with E-state index in [0.29, 0.717) is 19.1 Å². The van der Waals surface area contributed by atoms with Crippen LogP contribution in [-0.2, 0) is 4.79 Å². The molecular formula is C15H30N2O2. The first kappa shape index (κ1) is 16.4. The van der Waals surface area contributed by atoms with Crippen LogP contribution in [0.25, 0.3) is 0 Å². The van der Waals surface area contributed by atoms with Crippen LogP contribution in [0.5, 0.6) is 0 Å². The van der Waals surface area contributed by atoms with Crippen LogP contribution in [0.2, 0.25) is 0 Å². The van der Waals surface area contributed by atoms with Gasteiger partial charge in [0.05, 0.1) is 12.6 Å².